The first-order valence-corrected chi connectivity index (χ1v) is 10.6. The number of rotatable bonds is 6. The van der Waals surface area contributed by atoms with Crippen molar-refractivity contribution in [3.8, 4) is 11.4 Å². The predicted molar refractivity (Wildman–Crippen MR) is 115 cm³/mol. The lowest BCUT2D eigenvalue weighted by Crippen LogP contribution is -2.27. The van der Waals surface area contributed by atoms with Crippen molar-refractivity contribution in [1.82, 2.24) is 24.5 Å². The quantitative estimate of drug-likeness (QED) is 0.481. The third-order valence-corrected chi connectivity index (χ3v) is 5.93. The molecule has 1 aliphatic carbocycles. The maximum Gasteiger partial charge on any atom is 0.267 e. The second kappa shape index (κ2) is 7.49. The molecule has 0 radical (unpaired) electrons. The van der Waals surface area contributed by atoms with E-state index >= 15 is 0 Å². The number of methoxy groups -OCH3 is 1. The smallest absolute Gasteiger partial charge is 0.267 e. The molecule has 1 fully saturated rings. The number of benzene rings is 2. The fraction of sp³-hybridized carbons (Fsp3) is 0.238. The van der Waals surface area contributed by atoms with E-state index in [1.54, 1.807) is 37.4 Å². The molecule has 152 valence electrons. The van der Waals surface area contributed by atoms with E-state index in [-0.39, 0.29) is 17.2 Å². The number of aromatic nitrogens is 4. The molecule has 1 N–H and O–H groups in total. The highest BCUT2D eigenvalue weighted by atomic mass is 32.2. The molecule has 0 unspecified atom stereocenters. The first-order valence-electron chi connectivity index (χ1n) is 9.61. The lowest BCUT2D eigenvalue weighted by atomic mass is 10.2. The molecule has 9 heteroatoms. The molecule has 2 heterocycles. The normalized spacial score (nSPS) is 13.6. The van der Waals surface area contributed by atoms with Gasteiger partial charge in [0, 0.05) is 6.04 Å². The largest absolute Gasteiger partial charge is 0.497 e. The van der Waals surface area contributed by atoms with Crippen molar-refractivity contribution < 1.29 is 9.53 Å². The van der Waals surface area contributed by atoms with Crippen LogP contribution in [0.25, 0.3) is 22.4 Å². The topological polar surface area (TPSA) is 90.5 Å². The van der Waals surface area contributed by atoms with Gasteiger partial charge in [-0.15, -0.1) is 10.2 Å². The zero-order chi connectivity index (χ0) is 20.7. The van der Waals surface area contributed by atoms with Crippen LogP contribution in [0.4, 0.5) is 0 Å². The van der Waals surface area contributed by atoms with Crippen molar-refractivity contribution in [1.29, 1.82) is 0 Å². The summed E-state index contributed by atoms with van der Waals surface area (Å²) in [6, 6.07) is 14.9. The van der Waals surface area contributed by atoms with Crippen molar-refractivity contribution in [3.05, 3.63) is 58.9 Å². The molecule has 1 amide bonds. The number of amides is 1. The van der Waals surface area contributed by atoms with Crippen molar-refractivity contribution in [2.45, 2.75) is 24.0 Å². The Kier molecular flexibility index (Phi) is 4.66. The van der Waals surface area contributed by atoms with Gasteiger partial charge in [-0.25, -0.2) is 4.57 Å². The van der Waals surface area contributed by atoms with Crippen LogP contribution in [-0.4, -0.2) is 44.0 Å². The van der Waals surface area contributed by atoms with Crippen LogP contribution in [0.15, 0.2) is 58.5 Å². The number of nitrogens with one attached hydrogen (secondary N) is 1. The molecule has 8 nitrogen and oxygen atoms in total. The summed E-state index contributed by atoms with van der Waals surface area (Å²) >= 11 is 1.31. The molecule has 5 rings (SSSR count). The van der Waals surface area contributed by atoms with Gasteiger partial charge in [0.1, 0.15) is 5.75 Å². The van der Waals surface area contributed by atoms with E-state index in [0.29, 0.717) is 39.3 Å². The summed E-state index contributed by atoms with van der Waals surface area (Å²) in [6.07, 6.45) is 2.09. The maximum absolute atomic E-state index is 13.3. The van der Waals surface area contributed by atoms with E-state index in [1.165, 1.54) is 16.3 Å². The average molecular weight is 421 g/mol. The maximum atomic E-state index is 13.3. The molecule has 1 aliphatic rings. The molecular formula is C21H19N5O3S. The fourth-order valence-electron chi connectivity index (χ4n) is 3.36. The Hall–Kier alpha value is -3.33. The van der Waals surface area contributed by atoms with Gasteiger partial charge in [0.25, 0.3) is 5.56 Å². The number of nitrogens with zero attached hydrogens (tertiary/aromatic N) is 4. The van der Waals surface area contributed by atoms with Gasteiger partial charge in [0.2, 0.25) is 11.7 Å². The summed E-state index contributed by atoms with van der Waals surface area (Å²) in [4.78, 5) is 25.4. The van der Waals surface area contributed by atoms with Crippen LogP contribution < -0.4 is 15.6 Å². The van der Waals surface area contributed by atoms with Crippen LogP contribution >= 0.6 is 11.8 Å². The minimum atomic E-state index is -0.182. The van der Waals surface area contributed by atoms with Gasteiger partial charge in [0.15, 0.2) is 5.16 Å². The number of carbonyl (C=O) groups excluding carboxylic acids is 1. The van der Waals surface area contributed by atoms with Crippen LogP contribution in [-0.2, 0) is 4.79 Å². The highest BCUT2D eigenvalue weighted by Crippen LogP contribution is 2.24. The van der Waals surface area contributed by atoms with Crippen LogP contribution in [0.1, 0.15) is 12.8 Å². The van der Waals surface area contributed by atoms with Crippen molar-refractivity contribution >= 4 is 34.3 Å². The standard InChI is InChI=1S/C21H19N5O3S/c1-29-15-10-8-14(9-11-15)25-19(28)16-4-2-3-5-17(16)26-20(25)23-24-21(26)30-12-18(27)22-13-6-7-13/h2-5,8-11,13H,6-7,12H2,1H3,(H,22,27). The summed E-state index contributed by atoms with van der Waals surface area (Å²) in [5, 5.41) is 12.7. The van der Waals surface area contributed by atoms with Crippen LogP contribution in [0.2, 0.25) is 0 Å². The van der Waals surface area contributed by atoms with Crippen molar-refractivity contribution in [2.24, 2.45) is 0 Å². The lowest BCUT2D eigenvalue weighted by Gasteiger charge is -2.11. The second-order valence-corrected chi connectivity index (χ2v) is 8.05. The van der Waals surface area contributed by atoms with Crippen LogP contribution in [0, 0.1) is 0 Å². The highest BCUT2D eigenvalue weighted by Gasteiger charge is 2.24. The Balaban J connectivity index is 1.64. The number of thioether (sulfide) groups is 1. The SMILES string of the molecule is COc1ccc(-n2c(=O)c3ccccc3n3c(SCC(=O)NC4CC4)nnc23)cc1. The van der Waals surface area contributed by atoms with E-state index in [4.69, 9.17) is 4.74 Å². The minimum absolute atomic E-state index is 0.0213. The molecule has 0 saturated heterocycles. The molecular weight excluding hydrogens is 402 g/mol. The Morgan fingerprint density at radius 1 is 1.17 bits per heavy atom. The zero-order valence-corrected chi connectivity index (χ0v) is 17.1. The van der Waals surface area contributed by atoms with E-state index < -0.39 is 0 Å². The van der Waals surface area contributed by atoms with Crippen LogP contribution in [0.5, 0.6) is 5.75 Å². The minimum Gasteiger partial charge on any atom is -0.497 e. The highest BCUT2D eigenvalue weighted by molar-refractivity contribution is 7.99. The van der Waals surface area contributed by atoms with Gasteiger partial charge >= 0.3 is 0 Å². The summed E-state index contributed by atoms with van der Waals surface area (Å²) in [5.41, 5.74) is 1.18. The average Bonchev–Trinajstić information content (AvgIpc) is 3.49. The Morgan fingerprint density at radius 2 is 1.93 bits per heavy atom. The van der Waals surface area contributed by atoms with E-state index in [1.807, 2.05) is 22.6 Å². The van der Waals surface area contributed by atoms with E-state index in [9.17, 15) is 9.59 Å². The van der Waals surface area contributed by atoms with Gasteiger partial charge in [-0.3, -0.25) is 14.0 Å². The van der Waals surface area contributed by atoms with Gasteiger partial charge in [-0.2, -0.15) is 0 Å². The predicted octanol–water partition coefficient (Wildman–Crippen LogP) is 2.41. The molecule has 2 aromatic carbocycles. The summed E-state index contributed by atoms with van der Waals surface area (Å²) in [6.45, 7) is 0. The van der Waals surface area contributed by atoms with Gasteiger partial charge in [0.05, 0.1) is 29.5 Å². The number of fused-ring (bicyclic) bond motifs is 3. The van der Waals surface area contributed by atoms with Gasteiger partial charge < -0.3 is 10.1 Å². The van der Waals surface area contributed by atoms with E-state index in [0.717, 1.165) is 12.8 Å². The van der Waals surface area contributed by atoms with Crippen LogP contribution in [0.3, 0.4) is 0 Å². The number of hydrogen-bond acceptors (Lipinski definition) is 6. The number of carbonyl (C=O) groups is 1. The first kappa shape index (κ1) is 18.7. The second-order valence-electron chi connectivity index (χ2n) is 7.10. The third kappa shape index (κ3) is 3.30. The monoisotopic (exact) mass is 421 g/mol. The molecule has 0 atom stereocenters. The fourth-order valence-corrected chi connectivity index (χ4v) is 4.11. The van der Waals surface area contributed by atoms with E-state index in [2.05, 4.69) is 15.5 Å². The van der Waals surface area contributed by atoms with Gasteiger partial charge in [-0.05, 0) is 49.2 Å². The Morgan fingerprint density at radius 3 is 2.67 bits per heavy atom. The Bertz CT molecular complexity index is 1310. The molecule has 30 heavy (non-hydrogen) atoms. The molecule has 4 aromatic rings. The summed E-state index contributed by atoms with van der Waals surface area (Å²) < 4.78 is 8.58. The van der Waals surface area contributed by atoms with Crippen molar-refractivity contribution in [2.75, 3.05) is 12.9 Å². The van der Waals surface area contributed by atoms with Crippen molar-refractivity contribution in [3.63, 3.8) is 0 Å². The first-order chi connectivity index (χ1) is 14.7. The molecule has 2 aromatic heterocycles. The lowest BCUT2D eigenvalue weighted by molar-refractivity contribution is -0.118. The number of para-hydroxylation sites is 1. The molecule has 0 bridgehead atoms. The number of hydrogen-bond donors (Lipinski definition) is 1. The molecule has 1 saturated carbocycles. The van der Waals surface area contributed by atoms with Gasteiger partial charge in [-0.1, -0.05) is 23.9 Å². The third-order valence-electron chi connectivity index (χ3n) is 5.00. The zero-order valence-electron chi connectivity index (χ0n) is 16.2. The Labute approximate surface area is 175 Å². The number of ether oxygens (including phenoxy) is 1. The summed E-state index contributed by atoms with van der Waals surface area (Å²) in [5.74, 6) is 1.32. The molecule has 0 aliphatic heterocycles. The summed E-state index contributed by atoms with van der Waals surface area (Å²) in [7, 11) is 1.59. The molecule has 0 spiro atoms.